The van der Waals surface area contributed by atoms with Gasteiger partial charge in [0.1, 0.15) is 11.2 Å². The summed E-state index contributed by atoms with van der Waals surface area (Å²) in [6.07, 6.45) is 0. The van der Waals surface area contributed by atoms with Crippen LogP contribution in [0.1, 0.15) is 0 Å². The summed E-state index contributed by atoms with van der Waals surface area (Å²) in [5, 5.41) is 8.91. The fourth-order valence-corrected chi connectivity index (χ4v) is 14.4. The third-order valence-electron chi connectivity index (χ3n) is 18.7. The first-order chi connectivity index (χ1) is 46.6. The van der Waals surface area contributed by atoms with E-state index in [-0.39, 0.29) is 0 Å². The first kappa shape index (κ1) is 54.3. The van der Waals surface area contributed by atoms with E-state index in [1.165, 1.54) is 33.0 Å². The van der Waals surface area contributed by atoms with Gasteiger partial charge in [-0.25, -0.2) is 0 Å². The van der Waals surface area contributed by atoms with Crippen molar-refractivity contribution in [1.29, 1.82) is 0 Å². The van der Waals surface area contributed by atoms with Gasteiger partial charge in [-0.05, 0) is 191 Å². The molecule has 0 aliphatic heterocycles. The molecule has 3 heterocycles. The summed E-state index contributed by atoms with van der Waals surface area (Å²) in [4.78, 5) is 7.06. The molecule has 0 atom stereocenters. The summed E-state index contributed by atoms with van der Waals surface area (Å²) in [7, 11) is 0. The molecule has 3 aromatic heterocycles. The van der Waals surface area contributed by atoms with Crippen LogP contribution in [0.25, 0.3) is 110 Å². The van der Waals surface area contributed by atoms with Gasteiger partial charge in [0, 0.05) is 83.8 Å². The molecule has 18 aromatic rings. The Morgan fingerprint density at radius 2 is 0.564 bits per heavy atom. The Balaban J connectivity index is 0.803. The average Bonchev–Trinajstić information content (AvgIpc) is 1.54. The lowest BCUT2D eigenvalue weighted by Crippen LogP contribution is -2.10. The Bertz CT molecular complexity index is 5680. The highest BCUT2D eigenvalue weighted by Crippen LogP contribution is 2.48. The molecule has 0 aliphatic carbocycles. The van der Waals surface area contributed by atoms with Gasteiger partial charge < -0.3 is 28.3 Å². The zero-order valence-electron chi connectivity index (χ0n) is 51.2. The number of hydrogen-bond donors (Lipinski definition) is 0. The number of benzene rings is 15. The van der Waals surface area contributed by atoms with E-state index in [2.05, 4.69) is 382 Å². The van der Waals surface area contributed by atoms with Crippen molar-refractivity contribution in [3.63, 3.8) is 0 Å². The van der Waals surface area contributed by atoms with Gasteiger partial charge in [0.05, 0.1) is 38.5 Å². The van der Waals surface area contributed by atoms with Crippen LogP contribution in [0.5, 0.6) is 0 Å². The van der Waals surface area contributed by atoms with Crippen LogP contribution in [0, 0.1) is 0 Å². The molecule has 0 saturated heterocycles. The Morgan fingerprint density at radius 3 is 1.09 bits per heavy atom. The maximum Gasteiger partial charge on any atom is 0.145 e. The average molecular weight is 1200 g/mol. The molecule has 0 N–H and O–H groups in total. The van der Waals surface area contributed by atoms with Gasteiger partial charge in [0.2, 0.25) is 0 Å². The minimum absolute atomic E-state index is 0.857. The molecule has 442 valence electrons. The van der Waals surface area contributed by atoms with E-state index in [9.17, 15) is 0 Å². The lowest BCUT2D eigenvalue weighted by molar-refractivity contribution is 0.677. The molecule has 0 bridgehead atoms. The molecule has 6 nitrogen and oxygen atoms in total. The lowest BCUT2D eigenvalue weighted by atomic mass is 10.0. The Hall–Kier alpha value is -12.6. The van der Waals surface area contributed by atoms with Crippen LogP contribution in [0.3, 0.4) is 0 Å². The number of rotatable bonds is 13. The van der Waals surface area contributed by atoms with E-state index in [1.54, 1.807) is 0 Å². The van der Waals surface area contributed by atoms with Crippen molar-refractivity contribution in [3.8, 4) is 33.6 Å². The van der Waals surface area contributed by atoms with Crippen molar-refractivity contribution < 1.29 is 4.42 Å². The molecule has 0 unspecified atom stereocenters. The zero-order chi connectivity index (χ0) is 62.1. The van der Waals surface area contributed by atoms with E-state index >= 15 is 0 Å². The minimum atomic E-state index is 0.857. The molecule has 18 rings (SSSR count). The Kier molecular flexibility index (Phi) is 13.1. The molecule has 0 fully saturated rings. The second kappa shape index (κ2) is 22.7. The van der Waals surface area contributed by atoms with Gasteiger partial charge in [-0.3, -0.25) is 0 Å². The van der Waals surface area contributed by atoms with Crippen molar-refractivity contribution in [1.82, 2.24) is 9.13 Å². The van der Waals surface area contributed by atoms with E-state index in [1.807, 2.05) is 0 Å². The second-order valence-corrected chi connectivity index (χ2v) is 24.0. The Labute approximate surface area is 544 Å². The third kappa shape index (κ3) is 9.18. The summed E-state index contributed by atoms with van der Waals surface area (Å²) >= 11 is 0. The van der Waals surface area contributed by atoms with E-state index in [0.717, 1.165) is 128 Å². The molecular formula is C88H59N5O. The fourth-order valence-electron chi connectivity index (χ4n) is 14.4. The zero-order valence-corrected chi connectivity index (χ0v) is 51.2. The summed E-state index contributed by atoms with van der Waals surface area (Å²) in [5.74, 6) is 0. The minimum Gasteiger partial charge on any atom is -0.455 e. The molecule has 0 radical (unpaired) electrons. The topological polar surface area (TPSA) is 32.7 Å². The number of para-hydroxylation sites is 4. The van der Waals surface area contributed by atoms with Gasteiger partial charge in [0.15, 0.2) is 0 Å². The van der Waals surface area contributed by atoms with Gasteiger partial charge in [-0.1, -0.05) is 194 Å². The molecule has 6 heteroatoms. The monoisotopic (exact) mass is 1200 g/mol. The molecule has 0 saturated carbocycles. The smallest absolute Gasteiger partial charge is 0.145 e. The normalized spacial score (nSPS) is 11.6. The second-order valence-electron chi connectivity index (χ2n) is 24.0. The predicted octanol–water partition coefficient (Wildman–Crippen LogP) is 24.7. The molecule has 0 amide bonds. The summed E-state index contributed by atoms with van der Waals surface area (Å²) in [6.45, 7) is 0. The molecule has 94 heavy (non-hydrogen) atoms. The van der Waals surface area contributed by atoms with Gasteiger partial charge in [0.25, 0.3) is 0 Å². The van der Waals surface area contributed by atoms with Crippen molar-refractivity contribution in [2.24, 2.45) is 0 Å². The third-order valence-corrected chi connectivity index (χ3v) is 18.7. The summed E-state index contributed by atoms with van der Waals surface area (Å²) in [5.41, 5.74) is 22.5. The lowest BCUT2D eigenvalue weighted by Gasteiger charge is -2.27. The van der Waals surface area contributed by atoms with Crippen molar-refractivity contribution >= 4 is 128 Å². The van der Waals surface area contributed by atoms with Crippen LogP contribution < -0.4 is 14.7 Å². The van der Waals surface area contributed by atoms with Crippen molar-refractivity contribution in [2.75, 3.05) is 14.7 Å². The first-order valence-electron chi connectivity index (χ1n) is 32.1. The highest BCUT2D eigenvalue weighted by atomic mass is 16.3. The molecular weight excluding hydrogens is 1140 g/mol. The summed E-state index contributed by atoms with van der Waals surface area (Å²) in [6, 6.07) is 129. The number of hydrogen-bond acceptors (Lipinski definition) is 4. The van der Waals surface area contributed by atoms with E-state index < -0.39 is 0 Å². The van der Waals surface area contributed by atoms with Crippen molar-refractivity contribution in [3.05, 3.63) is 358 Å². The quantitative estimate of drug-likeness (QED) is 0.115. The van der Waals surface area contributed by atoms with Crippen LogP contribution >= 0.6 is 0 Å². The largest absolute Gasteiger partial charge is 0.455 e. The summed E-state index contributed by atoms with van der Waals surface area (Å²) < 4.78 is 12.4. The number of fused-ring (bicyclic) bond motifs is 12. The standard InChI is InChI=1S/C88H59N5O/c1-6-21-60(22-7-1)62-37-41-68(42-38-62)89(69-43-39-63(40-44-69)61-23-8-2-9-24-61)70-45-49-73(50-46-70)93-83-58-56-77-76-55-57-82-85(87(76)94-88(77)86(83)79-54-53-74(59-84(79)93)90(65-27-10-3-11-28-65)66-29-12-4-13-30-66)78-34-18-19-35-81(78)92(82)72-51-47-71(48-52-72)91(67-31-14-5-15-32-67)80-36-20-26-64-25-16-17-33-75(64)80/h1-59H. The van der Waals surface area contributed by atoms with Gasteiger partial charge >= 0.3 is 0 Å². The number of aromatic nitrogens is 2. The maximum atomic E-state index is 7.56. The van der Waals surface area contributed by atoms with Gasteiger partial charge in [-0.2, -0.15) is 0 Å². The van der Waals surface area contributed by atoms with Crippen molar-refractivity contribution in [2.45, 2.75) is 0 Å². The number of nitrogens with zero attached hydrogens (tertiary/aromatic N) is 5. The van der Waals surface area contributed by atoms with E-state index in [0.29, 0.717) is 0 Å². The predicted molar refractivity (Wildman–Crippen MR) is 395 cm³/mol. The molecule has 15 aromatic carbocycles. The highest BCUT2D eigenvalue weighted by Gasteiger charge is 2.25. The van der Waals surface area contributed by atoms with Crippen LogP contribution in [0.2, 0.25) is 0 Å². The molecule has 0 spiro atoms. The van der Waals surface area contributed by atoms with Gasteiger partial charge in [-0.15, -0.1) is 0 Å². The van der Waals surface area contributed by atoms with Crippen LogP contribution in [0.4, 0.5) is 51.2 Å². The number of furan rings is 1. The first-order valence-corrected chi connectivity index (χ1v) is 32.1. The molecule has 0 aliphatic rings. The SMILES string of the molecule is c1ccc(-c2ccc(N(c3ccc(-c4ccccc4)cc3)c3ccc(-n4c5cc(N(c6ccccc6)c6ccccc6)ccc5c5c6oc7c(ccc8c7c7ccccc7n8-c7ccc(N(c8ccccc8)c8cccc9ccccc89)cc7)c6ccc54)cc3)cc2)cc1. The van der Waals surface area contributed by atoms with E-state index in [4.69, 9.17) is 4.42 Å². The van der Waals surface area contributed by atoms with Crippen LogP contribution in [-0.2, 0) is 0 Å². The Morgan fingerprint density at radius 1 is 0.213 bits per heavy atom. The number of anilines is 9. The maximum absolute atomic E-state index is 7.56. The van der Waals surface area contributed by atoms with Crippen LogP contribution in [-0.4, -0.2) is 9.13 Å². The fraction of sp³-hybridized carbons (Fsp3) is 0. The van der Waals surface area contributed by atoms with Crippen LogP contribution in [0.15, 0.2) is 362 Å². The highest BCUT2D eigenvalue weighted by molar-refractivity contribution is 6.29.